The fourth-order valence-corrected chi connectivity index (χ4v) is 6.14. The number of aromatic amines is 1. The third kappa shape index (κ3) is 4.32. The number of carbonyl (C=O) groups is 1. The fourth-order valence-electron chi connectivity index (χ4n) is 4.61. The molecular weight excluding hydrogens is 440 g/mol. The van der Waals surface area contributed by atoms with E-state index in [1.807, 2.05) is 36.4 Å². The van der Waals surface area contributed by atoms with Crippen LogP contribution in [0.2, 0.25) is 0 Å². The number of amides is 1. The van der Waals surface area contributed by atoms with Crippen LogP contribution in [0.5, 0.6) is 0 Å². The lowest BCUT2D eigenvalue weighted by molar-refractivity contribution is 0.0927. The van der Waals surface area contributed by atoms with Gasteiger partial charge in [-0.1, -0.05) is 30.3 Å². The van der Waals surface area contributed by atoms with Gasteiger partial charge in [0.25, 0.3) is 15.9 Å². The number of imidazole rings is 1. The van der Waals surface area contributed by atoms with Gasteiger partial charge in [0.05, 0.1) is 12.0 Å². The Bertz CT molecular complexity index is 1250. The monoisotopic (exact) mass is 468 g/mol. The van der Waals surface area contributed by atoms with Crippen LogP contribution in [0.15, 0.2) is 53.9 Å². The van der Waals surface area contributed by atoms with E-state index in [9.17, 15) is 13.2 Å². The van der Waals surface area contributed by atoms with Crippen molar-refractivity contribution >= 4 is 15.9 Å². The van der Waals surface area contributed by atoms with Crippen LogP contribution in [0.4, 0.5) is 0 Å². The van der Waals surface area contributed by atoms with E-state index in [2.05, 4.69) is 20.5 Å². The number of rotatable bonds is 7. The van der Waals surface area contributed by atoms with Crippen LogP contribution in [0, 0.1) is 0 Å². The molecule has 10 heteroatoms. The van der Waals surface area contributed by atoms with Crippen LogP contribution in [-0.2, 0) is 22.5 Å². The molecule has 33 heavy (non-hydrogen) atoms. The number of H-pyrrole nitrogens is 1. The zero-order valence-electron chi connectivity index (χ0n) is 18.6. The quantitative estimate of drug-likeness (QED) is 0.552. The van der Waals surface area contributed by atoms with E-state index in [0.717, 1.165) is 30.5 Å². The third-order valence-corrected chi connectivity index (χ3v) is 8.37. The zero-order valence-corrected chi connectivity index (χ0v) is 19.4. The van der Waals surface area contributed by atoms with Crippen molar-refractivity contribution in [3.05, 3.63) is 65.9 Å². The van der Waals surface area contributed by atoms with Crippen molar-refractivity contribution in [2.45, 2.75) is 42.0 Å². The lowest BCUT2D eigenvalue weighted by atomic mass is 9.74. The number of aryl methyl sites for hydroxylation is 1. The topological polar surface area (TPSA) is 113 Å². The summed E-state index contributed by atoms with van der Waals surface area (Å²) in [6.45, 7) is 1.01. The molecule has 1 saturated carbocycles. The van der Waals surface area contributed by atoms with Gasteiger partial charge >= 0.3 is 0 Å². The van der Waals surface area contributed by atoms with Crippen LogP contribution in [0.1, 0.15) is 53.3 Å². The third-order valence-electron chi connectivity index (χ3n) is 6.64. The maximum Gasteiger partial charge on any atom is 0.269 e. The maximum atomic E-state index is 13.3. The molecule has 3 heterocycles. The van der Waals surface area contributed by atoms with Crippen molar-refractivity contribution in [3.63, 3.8) is 0 Å². The molecule has 1 aliphatic heterocycles. The lowest BCUT2D eigenvalue weighted by Gasteiger charge is -2.42. The highest BCUT2D eigenvalue weighted by Gasteiger charge is 2.42. The van der Waals surface area contributed by atoms with E-state index in [1.54, 1.807) is 11.6 Å². The van der Waals surface area contributed by atoms with Gasteiger partial charge in [0.1, 0.15) is 5.69 Å². The van der Waals surface area contributed by atoms with Gasteiger partial charge in [-0.2, -0.15) is 9.40 Å². The van der Waals surface area contributed by atoms with Crippen molar-refractivity contribution in [1.29, 1.82) is 0 Å². The SMILES string of the molecule is Cn1cnc(S(=O)(=O)N2CCCC(CNC(=O)c3cc(C4CC4)n[nH]3)(c3ccccc3)C2)c1. The second kappa shape index (κ2) is 8.42. The second-order valence-corrected chi connectivity index (χ2v) is 11.0. The first kappa shape index (κ1) is 21.8. The van der Waals surface area contributed by atoms with Gasteiger partial charge in [-0.3, -0.25) is 9.89 Å². The molecule has 1 saturated heterocycles. The predicted octanol–water partition coefficient (Wildman–Crippen LogP) is 2.17. The summed E-state index contributed by atoms with van der Waals surface area (Å²) in [4.78, 5) is 17.0. The van der Waals surface area contributed by atoms with E-state index in [-0.39, 0.29) is 17.5 Å². The minimum atomic E-state index is -3.74. The molecule has 174 valence electrons. The summed E-state index contributed by atoms with van der Waals surface area (Å²) < 4.78 is 29.7. The van der Waals surface area contributed by atoms with Crippen LogP contribution in [0.25, 0.3) is 0 Å². The number of sulfonamides is 1. The number of benzene rings is 1. The summed E-state index contributed by atoms with van der Waals surface area (Å²) in [5.41, 5.74) is 1.84. The summed E-state index contributed by atoms with van der Waals surface area (Å²) in [7, 11) is -1.99. The highest BCUT2D eigenvalue weighted by molar-refractivity contribution is 7.89. The summed E-state index contributed by atoms with van der Waals surface area (Å²) in [5.74, 6) is 0.233. The molecule has 9 nitrogen and oxygen atoms in total. The molecule has 1 aliphatic carbocycles. The number of nitrogens with one attached hydrogen (secondary N) is 2. The minimum Gasteiger partial charge on any atom is -0.350 e. The average Bonchev–Trinajstić information content (AvgIpc) is 3.38. The first-order chi connectivity index (χ1) is 15.9. The Morgan fingerprint density at radius 1 is 1.27 bits per heavy atom. The number of piperidine rings is 1. The number of hydrogen-bond donors (Lipinski definition) is 2. The van der Waals surface area contributed by atoms with Crippen molar-refractivity contribution in [1.82, 2.24) is 29.4 Å². The smallest absolute Gasteiger partial charge is 0.269 e. The molecule has 1 amide bonds. The van der Waals surface area contributed by atoms with Gasteiger partial charge in [-0.15, -0.1) is 0 Å². The molecule has 0 bridgehead atoms. The maximum absolute atomic E-state index is 13.3. The van der Waals surface area contributed by atoms with E-state index in [1.165, 1.54) is 16.8 Å². The molecule has 2 aliphatic rings. The molecule has 2 aromatic heterocycles. The molecule has 5 rings (SSSR count). The number of nitrogens with zero attached hydrogens (tertiary/aromatic N) is 4. The highest BCUT2D eigenvalue weighted by Crippen LogP contribution is 2.39. The second-order valence-electron chi connectivity index (χ2n) is 9.13. The van der Waals surface area contributed by atoms with Crippen molar-refractivity contribution in [3.8, 4) is 0 Å². The predicted molar refractivity (Wildman–Crippen MR) is 122 cm³/mol. The summed E-state index contributed by atoms with van der Waals surface area (Å²) in [5, 5.41) is 10.2. The van der Waals surface area contributed by atoms with E-state index in [4.69, 9.17) is 0 Å². The molecule has 1 aromatic carbocycles. The first-order valence-electron chi connectivity index (χ1n) is 11.2. The van der Waals surface area contributed by atoms with Crippen LogP contribution in [0.3, 0.4) is 0 Å². The molecule has 2 fully saturated rings. The van der Waals surface area contributed by atoms with Gasteiger partial charge in [0.15, 0.2) is 5.03 Å². The molecule has 2 N–H and O–H groups in total. The Hall–Kier alpha value is -2.98. The van der Waals surface area contributed by atoms with Crippen LogP contribution < -0.4 is 5.32 Å². The summed E-state index contributed by atoms with van der Waals surface area (Å²) in [6, 6.07) is 11.7. The van der Waals surface area contributed by atoms with Gasteiger partial charge in [0.2, 0.25) is 0 Å². The van der Waals surface area contributed by atoms with Crippen molar-refractivity contribution in [2.75, 3.05) is 19.6 Å². The van der Waals surface area contributed by atoms with E-state index >= 15 is 0 Å². The van der Waals surface area contributed by atoms with Gasteiger partial charge in [-0.05, 0) is 37.3 Å². The molecular formula is C23H28N6O3S. The van der Waals surface area contributed by atoms with Crippen molar-refractivity contribution < 1.29 is 13.2 Å². The van der Waals surface area contributed by atoms with E-state index < -0.39 is 15.4 Å². The van der Waals surface area contributed by atoms with Crippen molar-refractivity contribution in [2.24, 2.45) is 7.05 Å². The Labute approximate surface area is 193 Å². The molecule has 1 atom stereocenters. The lowest BCUT2D eigenvalue weighted by Crippen LogP contribution is -2.53. The largest absolute Gasteiger partial charge is 0.350 e. The zero-order chi connectivity index (χ0) is 23.1. The number of hydrogen-bond acceptors (Lipinski definition) is 5. The van der Waals surface area contributed by atoms with E-state index in [0.29, 0.717) is 31.1 Å². The Morgan fingerprint density at radius 3 is 2.76 bits per heavy atom. The number of carbonyl (C=O) groups excluding carboxylic acids is 1. The highest BCUT2D eigenvalue weighted by atomic mass is 32.2. The Morgan fingerprint density at radius 2 is 2.06 bits per heavy atom. The number of aromatic nitrogens is 4. The van der Waals surface area contributed by atoms with Crippen LogP contribution in [-0.4, -0.2) is 58.0 Å². The molecule has 0 spiro atoms. The van der Waals surface area contributed by atoms with Gasteiger partial charge < -0.3 is 9.88 Å². The molecule has 0 radical (unpaired) electrons. The Balaban J connectivity index is 1.39. The van der Waals surface area contributed by atoms with Crippen LogP contribution >= 0.6 is 0 Å². The summed E-state index contributed by atoms with van der Waals surface area (Å²) in [6.07, 6.45) is 6.69. The fraction of sp³-hybridized carbons (Fsp3) is 0.435. The summed E-state index contributed by atoms with van der Waals surface area (Å²) >= 11 is 0. The minimum absolute atomic E-state index is 0.0444. The standard InChI is InChI=1S/C23H28N6O3S/c1-28-13-21(25-16-28)33(31,32)29-11-5-10-23(15-29,18-6-3-2-4-7-18)14-24-22(30)20-12-19(26-27-20)17-8-9-17/h2-4,6-7,12-13,16-17H,5,8-11,14-15H2,1H3,(H,24,30)(H,26,27). The first-order valence-corrected chi connectivity index (χ1v) is 12.7. The average molecular weight is 469 g/mol. The Kier molecular flexibility index (Phi) is 5.57. The normalized spacial score (nSPS) is 21.7. The molecule has 1 unspecified atom stereocenters. The molecule has 3 aromatic rings. The van der Waals surface area contributed by atoms with Gasteiger partial charge in [0, 0.05) is 44.2 Å². The van der Waals surface area contributed by atoms with Gasteiger partial charge in [-0.25, -0.2) is 13.4 Å².